The number of ketones is 2. The van der Waals surface area contributed by atoms with Crippen LogP contribution in [0.25, 0.3) is 5.76 Å². The van der Waals surface area contributed by atoms with E-state index in [9.17, 15) is 34.8 Å². The van der Waals surface area contributed by atoms with Crippen LogP contribution >= 0.6 is 0 Å². The zero-order valence-electron chi connectivity index (χ0n) is 23.0. The van der Waals surface area contributed by atoms with Gasteiger partial charge in [0.05, 0.1) is 18.7 Å². The summed E-state index contributed by atoms with van der Waals surface area (Å²) in [5, 5.41) is 47.3. The van der Waals surface area contributed by atoms with Crippen molar-refractivity contribution in [1.29, 1.82) is 0 Å². The summed E-state index contributed by atoms with van der Waals surface area (Å²) in [5.41, 5.74) is -1.74. The van der Waals surface area contributed by atoms with Gasteiger partial charge in [0.15, 0.2) is 11.4 Å². The van der Waals surface area contributed by atoms with Crippen molar-refractivity contribution in [2.75, 3.05) is 28.3 Å². The van der Waals surface area contributed by atoms with Gasteiger partial charge in [-0.15, -0.1) is 0 Å². The smallest absolute Gasteiger partial charge is 0.258 e. The zero-order chi connectivity index (χ0) is 29.8. The van der Waals surface area contributed by atoms with Crippen LogP contribution in [0.15, 0.2) is 53.3 Å². The molecule has 1 amide bonds. The van der Waals surface area contributed by atoms with Crippen molar-refractivity contribution in [1.82, 2.24) is 10.2 Å². The number of methoxy groups -OCH3 is 1. The van der Waals surface area contributed by atoms with Crippen LogP contribution < -0.4 is 10.1 Å². The van der Waals surface area contributed by atoms with E-state index in [-0.39, 0.29) is 29.7 Å². The van der Waals surface area contributed by atoms with Gasteiger partial charge in [-0.1, -0.05) is 11.8 Å². The number of nitrogens with zero attached hydrogens (tertiary/aromatic N) is 1. The molecule has 0 spiro atoms. The van der Waals surface area contributed by atoms with E-state index in [1.165, 1.54) is 18.0 Å². The molecule has 1 saturated carbocycles. The van der Waals surface area contributed by atoms with Gasteiger partial charge in [0, 0.05) is 29.7 Å². The first kappa shape index (κ1) is 28.0. The largest absolute Gasteiger partial charge is 0.508 e. The molecule has 0 unspecified atom stereocenters. The lowest BCUT2D eigenvalue weighted by molar-refractivity contribution is -0.153. The zero-order valence-corrected chi connectivity index (χ0v) is 23.0. The summed E-state index contributed by atoms with van der Waals surface area (Å²) in [6.45, 7) is 0. The summed E-state index contributed by atoms with van der Waals surface area (Å²) in [4.78, 5) is 41.5. The molecular formula is C31H30N2O8. The molecule has 0 saturated heterocycles. The van der Waals surface area contributed by atoms with Gasteiger partial charge < -0.3 is 30.5 Å². The quantitative estimate of drug-likeness (QED) is 0.279. The topological polar surface area (TPSA) is 157 Å². The Kier molecular flexibility index (Phi) is 6.89. The third-order valence-corrected chi connectivity index (χ3v) is 8.24. The van der Waals surface area contributed by atoms with Gasteiger partial charge in [-0.2, -0.15) is 0 Å². The monoisotopic (exact) mass is 558 g/mol. The van der Waals surface area contributed by atoms with Gasteiger partial charge in [0.25, 0.3) is 5.91 Å². The maximum absolute atomic E-state index is 14.0. The number of ether oxygens (including phenoxy) is 1. The second-order valence-electron chi connectivity index (χ2n) is 10.6. The highest BCUT2D eigenvalue weighted by atomic mass is 16.5. The van der Waals surface area contributed by atoms with E-state index >= 15 is 0 Å². The molecule has 0 radical (unpaired) electrons. The number of fused-ring (bicyclic) bond motifs is 3. The second kappa shape index (κ2) is 10.1. The lowest BCUT2D eigenvalue weighted by Gasteiger charge is -2.50. The molecule has 5 N–H and O–H groups in total. The summed E-state index contributed by atoms with van der Waals surface area (Å²) < 4.78 is 5.18. The highest BCUT2D eigenvalue weighted by molar-refractivity contribution is 6.24. The number of benzene rings is 2. The molecule has 41 heavy (non-hydrogen) atoms. The highest BCUT2D eigenvalue weighted by Crippen LogP contribution is 2.52. The van der Waals surface area contributed by atoms with Crippen LogP contribution in [-0.2, 0) is 20.8 Å². The number of aliphatic hydroxyl groups is 3. The van der Waals surface area contributed by atoms with Crippen LogP contribution in [0.3, 0.4) is 0 Å². The number of amides is 1. The fourth-order valence-corrected chi connectivity index (χ4v) is 6.28. The summed E-state index contributed by atoms with van der Waals surface area (Å²) in [5.74, 6) is 0.532. The van der Waals surface area contributed by atoms with Crippen molar-refractivity contribution >= 4 is 23.2 Å². The van der Waals surface area contributed by atoms with Gasteiger partial charge in [0.2, 0.25) is 5.78 Å². The Bertz CT molecular complexity index is 1610. The fraction of sp³-hybridized carbons (Fsp3) is 0.323. The van der Waals surface area contributed by atoms with Crippen LogP contribution in [0.2, 0.25) is 0 Å². The minimum Gasteiger partial charge on any atom is -0.508 e. The minimum absolute atomic E-state index is 0.0132. The molecule has 0 aliphatic heterocycles. The molecule has 10 nitrogen and oxygen atoms in total. The third-order valence-electron chi connectivity index (χ3n) is 8.24. The van der Waals surface area contributed by atoms with Crippen molar-refractivity contribution in [2.45, 2.75) is 24.5 Å². The molecule has 3 aliphatic rings. The first-order valence-electron chi connectivity index (χ1n) is 13.0. The third kappa shape index (κ3) is 4.17. The number of hydrogen-bond donors (Lipinski definition) is 5. The lowest BCUT2D eigenvalue weighted by Crippen LogP contribution is -2.65. The lowest BCUT2D eigenvalue weighted by atomic mass is 9.57. The predicted octanol–water partition coefficient (Wildman–Crippen LogP) is 1.63. The van der Waals surface area contributed by atoms with Gasteiger partial charge in [-0.3, -0.25) is 19.3 Å². The van der Waals surface area contributed by atoms with E-state index in [1.54, 1.807) is 51.5 Å². The summed E-state index contributed by atoms with van der Waals surface area (Å²) in [6, 6.07) is 9.03. The molecule has 10 heteroatoms. The Morgan fingerprint density at radius 2 is 1.76 bits per heavy atom. The number of phenols is 1. The van der Waals surface area contributed by atoms with E-state index in [0.717, 1.165) is 0 Å². The number of hydrogen-bond acceptors (Lipinski definition) is 9. The number of Topliss-reactive ketones (excluding diaryl/α,β-unsaturated/α-hetero) is 2. The molecule has 0 aromatic heterocycles. The number of nitrogens with one attached hydrogen (secondary N) is 1. The average Bonchev–Trinajstić information content (AvgIpc) is 2.94. The molecule has 0 heterocycles. The van der Waals surface area contributed by atoms with Crippen molar-refractivity contribution in [3.63, 3.8) is 0 Å². The standard InChI is InChI=1S/C31H30N2O8/c1-32-30(39)24-27(36)25(33(2)3)20-14-17-13-19-16(8-5-15-6-10-18(41-4)11-7-15)9-12-21(34)23(19)26(35)22(17)28(37)31(20,40)29(24)38/h6-7,9-12,17,20,25,34-35,38,40H,13-14H2,1-4H3,(H,32,39)/t17-,20-,25-,31-/m0/s1. The van der Waals surface area contributed by atoms with Crippen LogP contribution in [-0.4, -0.2) is 82.7 Å². The number of carbonyl (C=O) groups excluding carboxylic acids is 3. The van der Waals surface area contributed by atoms with E-state index in [4.69, 9.17) is 4.74 Å². The molecule has 4 atom stereocenters. The number of likely N-dealkylation sites (N-methyl/N-ethyl adjacent to an activating group) is 2. The second-order valence-corrected chi connectivity index (χ2v) is 10.6. The predicted molar refractivity (Wildman–Crippen MR) is 148 cm³/mol. The van der Waals surface area contributed by atoms with Crippen molar-refractivity contribution in [3.8, 4) is 23.3 Å². The number of aliphatic hydroxyl groups excluding tert-OH is 2. The van der Waals surface area contributed by atoms with Crippen molar-refractivity contribution in [3.05, 3.63) is 75.6 Å². The Morgan fingerprint density at radius 1 is 1.07 bits per heavy atom. The Balaban J connectivity index is 1.66. The summed E-state index contributed by atoms with van der Waals surface area (Å²) in [7, 11) is 6.00. The Labute approximate surface area is 236 Å². The number of aromatic hydroxyl groups is 1. The Morgan fingerprint density at radius 3 is 2.37 bits per heavy atom. The molecule has 0 bridgehead atoms. The van der Waals surface area contributed by atoms with E-state index in [1.807, 2.05) is 0 Å². The summed E-state index contributed by atoms with van der Waals surface area (Å²) >= 11 is 0. The van der Waals surface area contributed by atoms with Crippen molar-refractivity contribution < 1.29 is 39.5 Å². The van der Waals surface area contributed by atoms with E-state index in [2.05, 4.69) is 17.2 Å². The van der Waals surface area contributed by atoms with Gasteiger partial charge in [-0.05, 0) is 74.8 Å². The highest BCUT2D eigenvalue weighted by Gasteiger charge is 2.64. The van der Waals surface area contributed by atoms with E-state index in [0.29, 0.717) is 22.4 Å². The fourth-order valence-electron chi connectivity index (χ4n) is 6.28. The normalized spacial score (nSPS) is 25.2. The van der Waals surface area contributed by atoms with Crippen molar-refractivity contribution in [2.24, 2.45) is 11.8 Å². The number of phenolic OH excluding ortho intramolecular Hbond substituents is 1. The first-order valence-corrected chi connectivity index (χ1v) is 13.0. The van der Waals surface area contributed by atoms with Crippen LogP contribution in [0.4, 0.5) is 0 Å². The molecule has 212 valence electrons. The van der Waals surface area contributed by atoms with Crippen LogP contribution in [0.5, 0.6) is 11.5 Å². The molecule has 3 aliphatic carbocycles. The molecule has 5 rings (SSSR count). The SMILES string of the molecule is CNC(=O)C1=C(O)[C@@]2(O)C(=O)C3=C(O)c4c(O)ccc(C#Cc5ccc(OC)cc5)c4C[C@H]3C[C@H]2[C@H](N(C)C)C1=O. The molecule has 2 aromatic carbocycles. The van der Waals surface area contributed by atoms with Gasteiger partial charge in [0.1, 0.15) is 28.6 Å². The minimum atomic E-state index is -2.64. The molecule has 1 fully saturated rings. The first-order chi connectivity index (χ1) is 19.4. The number of rotatable bonds is 3. The number of carbonyl (C=O) groups is 3. The van der Waals surface area contributed by atoms with Crippen LogP contribution in [0, 0.1) is 23.7 Å². The average molecular weight is 559 g/mol. The van der Waals surface area contributed by atoms with E-state index < -0.39 is 58.0 Å². The molecule has 2 aromatic rings. The summed E-state index contributed by atoms with van der Waals surface area (Å²) in [6.07, 6.45) is 0.205. The molecular weight excluding hydrogens is 528 g/mol. The maximum atomic E-state index is 14.0. The van der Waals surface area contributed by atoms with Crippen LogP contribution in [0.1, 0.15) is 28.7 Å². The Hall–Kier alpha value is -4.59. The van der Waals surface area contributed by atoms with Gasteiger partial charge >= 0.3 is 0 Å². The van der Waals surface area contributed by atoms with Gasteiger partial charge in [-0.25, -0.2) is 0 Å². The maximum Gasteiger partial charge on any atom is 0.258 e.